The summed E-state index contributed by atoms with van der Waals surface area (Å²) >= 11 is 0. The Balaban J connectivity index is 2.21. The summed E-state index contributed by atoms with van der Waals surface area (Å²) in [7, 11) is 2.06. The lowest BCUT2D eigenvalue weighted by atomic mass is 10.1. The maximum atomic E-state index is 8.80. The van der Waals surface area contributed by atoms with Gasteiger partial charge in [-0.3, -0.25) is 4.90 Å². The van der Waals surface area contributed by atoms with Gasteiger partial charge in [-0.25, -0.2) is 4.98 Å². The first-order valence-corrected chi connectivity index (χ1v) is 6.36. The number of hydrogen-bond donors (Lipinski definition) is 0. The predicted octanol–water partition coefficient (Wildman–Crippen LogP) is 3.06. The van der Waals surface area contributed by atoms with E-state index in [1.54, 1.807) is 12.1 Å². The highest BCUT2D eigenvalue weighted by molar-refractivity contribution is 5.61. The fraction of sp³-hybridized carbons (Fsp3) is 0.333. The Labute approximate surface area is 113 Å². The molecule has 0 aliphatic carbocycles. The SMILES string of the molecule is CCCN(C)Cc1ocnc1-c1ccc(C#N)cc1. The number of nitriles is 1. The van der Waals surface area contributed by atoms with E-state index in [9.17, 15) is 0 Å². The Morgan fingerprint density at radius 2 is 2.05 bits per heavy atom. The summed E-state index contributed by atoms with van der Waals surface area (Å²) in [5, 5.41) is 8.80. The van der Waals surface area contributed by atoms with E-state index in [4.69, 9.17) is 9.68 Å². The van der Waals surface area contributed by atoms with Gasteiger partial charge in [0.15, 0.2) is 6.39 Å². The van der Waals surface area contributed by atoms with Crippen LogP contribution in [-0.4, -0.2) is 23.5 Å². The van der Waals surface area contributed by atoms with E-state index < -0.39 is 0 Å². The molecule has 0 saturated heterocycles. The zero-order valence-corrected chi connectivity index (χ0v) is 11.3. The summed E-state index contributed by atoms with van der Waals surface area (Å²) in [5.41, 5.74) is 2.48. The van der Waals surface area contributed by atoms with Gasteiger partial charge in [0.1, 0.15) is 11.5 Å². The van der Waals surface area contributed by atoms with Crippen LogP contribution < -0.4 is 0 Å². The molecule has 2 rings (SSSR count). The Kier molecular flexibility index (Phi) is 4.32. The third-order valence-electron chi connectivity index (χ3n) is 2.95. The molecule has 1 aromatic carbocycles. The van der Waals surface area contributed by atoms with Gasteiger partial charge in [-0.05, 0) is 32.1 Å². The van der Waals surface area contributed by atoms with Crippen molar-refractivity contribution >= 4 is 0 Å². The van der Waals surface area contributed by atoms with Gasteiger partial charge in [-0.15, -0.1) is 0 Å². The first kappa shape index (κ1) is 13.3. The summed E-state index contributed by atoms with van der Waals surface area (Å²) in [6, 6.07) is 9.51. The number of rotatable bonds is 5. The molecule has 0 N–H and O–H groups in total. The van der Waals surface area contributed by atoms with Crippen LogP contribution in [0, 0.1) is 11.3 Å². The third kappa shape index (κ3) is 3.21. The van der Waals surface area contributed by atoms with Crippen LogP contribution in [0.4, 0.5) is 0 Å². The predicted molar refractivity (Wildman–Crippen MR) is 73.3 cm³/mol. The molecular formula is C15H17N3O. The minimum atomic E-state index is 0.650. The highest BCUT2D eigenvalue weighted by Crippen LogP contribution is 2.23. The molecule has 0 spiro atoms. The second-order valence-corrected chi connectivity index (χ2v) is 4.55. The maximum Gasteiger partial charge on any atom is 0.181 e. The van der Waals surface area contributed by atoms with Crippen molar-refractivity contribution in [1.29, 1.82) is 5.26 Å². The summed E-state index contributed by atoms with van der Waals surface area (Å²) in [6.07, 6.45) is 2.58. The van der Waals surface area contributed by atoms with Crippen molar-refractivity contribution in [2.75, 3.05) is 13.6 Å². The molecule has 98 valence electrons. The normalized spacial score (nSPS) is 10.6. The van der Waals surface area contributed by atoms with E-state index in [2.05, 4.69) is 29.9 Å². The van der Waals surface area contributed by atoms with Crippen molar-refractivity contribution < 1.29 is 4.42 Å². The Morgan fingerprint density at radius 3 is 2.68 bits per heavy atom. The lowest BCUT2D eigenvalue weighted by molar-refractivity contribution is 0.296. The van der Waals surface area contributed by atoms with Crippen molar-refractivity contribution in [3.63, 3.8) is 0 Å². The number of hydrogen-bond acceptors (Lipinski definition) is 4. The Hall–Kier alpha value is -2.12. The van der Waals surface area contributed by atoms with Crippen molar-refractivity contribution in [2.24, 2.45) is 0 Å². The maximum absolute atomic E-state index is 8.80. The molecule has 2 aromatic rings. The summed E-state index contributed by atoms with van der Waals surface area (Å²) in [4.78, 5) is 6.48. The lowest BCUT2D eigenvalue weighted by Crippen LogP contribution is -2.18. The second kappa shape index (κ2) is 6.17. The summed E-state index contributed by atoms with van der Waals surface area (Å²) in [6.45, 7) is 3.91. The minimum absolute atomic E-state index is 0.650. The van der Waals surface area contributed by atoms with Crippen molar-refractivity contribution in [2.45, 2.75) is 19.9 Å². The molecule has 0 atom stereocenters. The molecule has 0 fully saturated rings. The number of nitrogens with zero attached hydrogens (tertiary/aromatic N) is 3. The van der Waals surface area contributed by atoms with Crippen LogP contribution in [0.25, 0.3) is 11.3 Å². The molecule has 0 amide bonds. The number of benzene rings is 1. The highest BCUT2D eigenvalue weighted by Gasteiger charge is 2.12. The minimum Gasteiger partial charge on any atom is -0.446 e. The summed E-state index contributed by atoms with van der Waals surface area (Å²) in [5.74, 6) is 0.862. The molecule has 4 nitrogen and oxygen atoms in total. The first-order valence-electron chi connectivity index (χ1n) is 6.36. The molecule has 0 aliphatic rings. The molecular weight excluding hydrogens is 238 g/mol. The van der Waals surface area contributed by atoms with Gasteiger partial charge < -0.3 is 4.42 Å². The molecule has 0 unspecified atom stereocenters. The van der Waals surface area contributed by atoms with Crippen LogP contribution in [0.15, 0.2) is 35.1 Å². The Morgan fingerprint density at radius 1 is 1.32 bits per heavy atom. The second-order valence-electron chi connectivity index (χ2n) is 4.55. The van der Waals surface area contributed by atoms with Crippen molar-refractivity contribution in [3.8, 4) is 17.3 Å². The fourth-order valence-corrected chi connectivity index (χ4v) is 2.03. The smallest absolute Gasteiger partial charge is 0.181 e. The van der Waals surface area contributed by atoms with E-state index in [1.165, 1.54) is 6.39 Å². The van der Waals surface area contributed by atoms with Crippen LogP contribution in [-0.2, 0) is 6.54 Å². The number of aromatic nitrogens is 1. The quantitative estimate of drug-likeness (QED) is 0.824. The van der Waals surface area contributed by atoms with E-state index in [1.807, 2.05) is 12.1 Å². The van der Waals surface area contributed by atoms with Crippen LogP contribution >= 0.6 is 0 Å². The van der Waals surface area contributed by atoms with Gasteiger partial charge in [-0.1, -0.05) is 19.1 Å². The van der Waals surface area contributed by atoms with Crippen molar-refractivity contribution in [3.05, 3.63) is 42.0 Å². The van der Waals surface area contributed by atoms with Crippen LogP contribution in [0.3, 0.4) is 0 Å². The Bertz CT molecular complexity index is 566. The standard InChI is InChI=1S/C15H17N3O/c1-3-8-18(2)10-14-15(17-11-19-14)13-6-4-12(9-16)5-7-13/h4-7,11H,3,8,10H2,1-2H3. The molecule has 0 saturated carbocycles. The third-order valence-corrected chi connectivity index (χ3v) is 2.95. The van der Waals surface area contributed by atoms with Gasteiger partial charge in [0, 0.05) is 5.56 Å². The van der Waals surface area contributed by atoms with Crippen LogP contribution in [0.2, 0.25) is 0 Å². The summed E-state index contributed by atoms with van der Waals surface area (Å²) < 4.78 is 5.47. The van der Waals surface area contributed by atoms with E-state index in [-0.39, 0.29) is 0 Å². The van der Waals surface area contributed by atoms with Crippen molar-refractivity contribution in [1.82, 2.24) is 9.88 Å². The van der Waals surface area contributed by atoms with E-state index in [0.717, 1.165) is 36.5 Å². The molecule has 1 heterocycles. The van der Waals surface area contributed by atoms with Gasteiger partial charge in [0.2, 0.25) is 0 Å². The molecule has 0 aliphatic heterocycles. The number of oxazole rings is 1. The molecule has 4 heteroatoms. The van der Waals surface area contributed by atoms with E-state index >= 15 is 0 Å². The largest absolute Gasteiger partial charge is 0.446 e. The highest BCUT2D eigenvalue weighted by atomic mass is 16.3. The average Bonchev–Trinajstić information content (AvgIpc) is 2.87. The molecule has 0 bridgehead atoms. The zero-order valence-electron chi connectivity index (χ0n) is 11.3. The fourth-order valence-electron chi connectivity index (χ4n) is 2.03. The van der Waals surface area contributed by atoms with E-state index in [0.29, 0.717) is 5.56 Å². The lowest BCUT2D eigenvalue weighted by Gasteiger charge is -2.14. The molecule has 0 radical (unpaired) electrons. The van der Waals surface area contributed by atoms with Crippen LogP contribution in [0.5, 0.6) is 0 Å². The topological polar surface area (TPSA) is 53.1 Å². The molecule has 1 aromatic heterocycles. The van der Waals surface area contributed by atoms with Gasteiger partial charge in [0.05, 0.1) is 18.2 Å². The van der Waals surface area contributed by atoms with Gasteiger partial charge in [0.25, 0.3) is 0 Å². The molecule has 19 heavy (non-hydrogen) atoms. The van der Waals surface area contributed by atoms with Gasteiger partial charge >= 0.3 is 0 Å². The van der Waals surface area contributed by atoms with Crippen LogP contribution in [0.1, 0.15) is 24.7 Å². The first-order chi connectivity index (χ1) is 9.24. The van der Waals surface area contributed by atoms with Gasteiger partial charge in [-0.2, -0.15) is 5.26 Å². The monoisotopic (exact) mass is 255 g/mol. The zero-order chi connectivity index (χ0) is 13.7. The average molecular weight is 255 g/mol.